The minimum Gasteiger partial charge on any atom is -0.388 e. The number of nitrogens with zero attached hydrogens (tertiary/aromatic N) is 1. The zero-order valence-electron chi connectivity index (χ0n) is 9.31. The Morgan fingerprint density at radius 3 is 2.50 bits per heavy atom. The maximum absolute atomic E-state index is 11.9. The zero-order valence-corrected chi connectivity index (χ0v) is 10.8. The number of hydrogen-bond donors (Lipinski definition) is 3. The first-order valence-electron chi connectivity index (χ1n) is 5.34. The lowest BCUT2D eigenvalue weighted by Gasteiger charge is -2.17. The first-order chi connectivity index (χ1) is 8.47. The van der Waals surface area contributed by atoms with Crippen LogP contribution in [0.25, 0.3) is 0 Å². The summed E-state index contributed by atoms with van der Waals surface area (Å²) in [6, 6.07) is 4.29. The van der Waals surface area contributed by atoms with E-state index in [1.807, 2.05) is 0 Å². The van der Waals surface area contributed by atoms with Gasteiger partial charge in [0.1, 0.15) is 0 Å². The molecule has 0 unspecified atom stereocenters. The number of amides is 2. The van der Waals surface area contributed by atoms with E-state index in [-0.39, 0.29) is 13.1 Å². The summed E-state index contributed by atoms with van der Waals surface area (Å²) in [6.45, 7) is 0.177. The Kier molecular flexibility index (Phi) is 3.97. The van der Waals surface area contributed by atoms with E-state index in [2.05, 4.69) is 5.32 Å². The summed E-state index contributed by atoms with van der Waals surface area (Å²) in [5, 5.41) is 22.1. The van der Waals surface area contributed by atoms with Gasteiger partial charge in [-0.15, -0.1) is 0 Å². The second-order valence-electron chi connectivity index (χ2n) is 4.09. The summed E-state index contributed by atoms with van der Waals surface area (Å²) in [6.07, 6.45) is -1.82. The Hall–Kier alpha value is -1.01. The van der Waals surface area contributed by atoms with Crippen LogP contribution >= 0.6 is 23.2 Å². The maximum atomic E-state index is 11.9. The second-order valence-corrected chi connectivity index (χ2v) is 4.94. The Balaban J connectivity index is 2.05. The van der Waals surface area contributed by atoms with Gasteiger partial charge >= 0.3 is 6.03 Å². The van der Waals surface area contributed by atoms with Crippen molar-refractivity contribution in [2.45, 2.75) is 12.2 Å². The van der Waals surface area contributed by atoms with Crippen LogP contribution in [0.4, 0.5) is 10.5 Å². The minimum absolute atomic E-state index is 0.0885. The highest BCUT2D eigenvalue weighted by atomic mass is 35.5. The summed E-state index contributed by atoms with van der Waals surface area (Å²) in [5.74, 6) is 0. The van der Waals surface area contributed by atoms with Crippen LogP contribution in [-0.2, 0) is 0 Å². The number of nitrogens with one attached hydrogen (secondary N) is 1. The molecule has 2 atom stereocenters. The van der Waals surface area contributed by atoms with E-state index >= 15 is 0 Å². The molecule has 5 nitrogen and oxygen atoms in total. The van der Waals surface area contributed by atoms with E-state index in [1.54, 1.807) is 12.1 Å². The molecule has 1 aliphatic rings. The molecular formula is C11H12Cl2N2O3. The van der Waals surface area contributed by atoms with Crippen LogP contribution in [0.5, 0.6) is 0 Å². The predicted octanol–water partition coefficient (Wildman–Crippen LogP) is 1.56. The smallest absolute Gasteiger partial charge is 0.322 e. The zero-order chi connectivity index (χ0) is 13.3. The lowest BCUT2D eigenvalue weighted by molar-refractivity contribution is 0.0572. The predicted molar refractivity (Wildman–Crippen MR) is 69.1 cm³/mol. The lowest BCUT2D eigenvalue weighted by atomic mass is 10.3. The van der Waals surface area contributed by atoms with Gasteiger partial charge in [-0.1, -0.05) is 23.2 Å². The molecule has 2 rings (SSSR count). The first kappa shape index (κ1) is 13.4. The molecule has 1 aromatic carbocycles. The quantitative estimate of drug-likeness (QED) is 0.735. The largest absolute Gasteiger partial charge is 0.388 e. The SMILES string of the molecule is O=C(Nc1cc(Cl)ccc1Cl)N1C[C@@H](O)[C@@H](O)C1. The molecule has 1 heterocycles. The van der Waals surface area contributed by atoms with Crippen molar-refractivity contribution in [2.24, 2.45) is 0 Å². The van der Waals surface area contributed by atoms with Gasteiger partial charge in [0.2, 0.25) is 0 Å². The van der Waals surface area contributed by atoms with E-state index in [0.717, 1.165) is 0 Å². The van der Waals surface area contributed by atoms with E-state index in [0.29, 0.717) is 15.7 Å². The Labute approximate surface area is 114 Å². The molecule has 3 N–H and O–H groups in total. The van der Waals surface area contributed by atoms with Crippen LogP contribution in [0, 0.1) is 0 Å². The van der Waals surface area contributed by atoms with Gasteiger partial charge in [0.25, 0.3) is 0 Å². The summed E-state index contributed by atoms with van der Waals surface area (Å²) in [4.78, 5) is 13.2. The van der Waals surface area contributed by atoms with Crippen molar-refractivity contribution in [1.82, 2.24) is 4.90 Å². The topological polar surface area (TPSA) is 72.8 Å². The van der Waals surface area contributed by atoms with E-state index in [4.69, 9.17) is 23.2 Å². The second kappa shape index (κ2) is 5.32. The third-order valence-electron chi connectivity index (χ3n) is 2.72. The standard InChI is InChI=1S/C11H12Cl2N2O3/c12-6-1-2-7(13)8(3-6)14-11(18)15-4-9(16)10(17)5-15/h1-3,9-10,16-17H,4-5H2,(H,14,18)/t9-,10+. The Morgan fingerprint density at radius 1 is 1.28 bits per heavy atom. The van der Waals surface area contributed by atoms with E-state index in [9.17, 15) is 15.0 Å². The van der Waals surface area contributed by atoms with Gasteiger partial charge in [-0.3, -0.25) is 0 Å². The number of urea groups is 1. The fourth-order valence-corrected chi connectivity index (χ4v) is 2.06. The molecule has 1 aliphatic heterocycles. The van der Waals surface area contributed by atoms with Crippen LogP contribution < -0.4 is 5.32 Å². The van der Waals surface area contributed by atoms with Gasteiger partial charge in [-0.05, 0) is 18.2 Å². The average Bonchev–Trinajstić information content (AvgIpc) is 2.64. The Morgan fingerprint density at radius 2 is 1.89 bits per heavy atom. The maximum Gasteiger partial charge on any atom is 0.322 e. The molecule has 1 aromatic rings. The monoisotopic (exact) mass is 290 g/mol. The minimum atomic E-state index is -0.911. The van der Waals surface area contributed by atoms with E-state index < -0.39 is 18.2 Å². The number of hydrogen-bond acceptors (Lipinski definition) is 3. The number of halogens is 2. The molecule has 1 fully saturated rings. The molecule has 0 aromatic heterocycles. The summed E-state index contributed by atoms with van der Waals surface area (Å²) >= 11 is 11.7. The number of anilines is 1. The highest BCUT2D eigenvalue weighted by Crippen LogP contribution is 2.26. The van der Waals surface area contributed by atoms with Crippen LogP contribution in [0.15, 0.2) is 18.2 Å². The fraction of sp³-hybridized carbons (Fsp3) is 0.364. The number of β-amino-alcohol motifs (C(OH)–C–C–N with tert-alkyl or cyclic N) is 2. The van der Waals surface area contributed by atoms with Gasteiger partial charge in [0.05, 0.1) is 36.0 Å². The lowest BCUT2D eigenvalue weighted by Crippen LogP contribution is -2.34. The van der Waals surface area contributed by atoms with Gasteiger partial charge in [-0.25, -0.2) is 4.79 Å². The molecule has 0 radical (unpaired) electrons. The molecule has 0 aliphatic carbocycles. The van der Waals surface area contributed by atoms with Crippen molar-refractivity contribution in [3.63, 3.8) is 0 Å². The highest BCUT2D eigenvalue weighted by molar-refractivity contribution is 6.35. The number of carbonyl (C=O) groups is 1. The molecule has 98 valence electrons. The molecule has 0 saturated carbocycles. The van der Waals surface area contributed by atoms with Crippen molar-refractivity contribution in [3.05, 3.63) is 28.2 Å². The first-order valence-corrected chi connectivity index (χ1v) is 6.10. The van der Waals surface area contributed by atoms with Gasteiger partial charge in [-0.2, -0.15) is 0 Å². The van der Waals surface area contributed by atoms with Crippen LogP contribution in [0.3, 0.4) is 0 Å². The molecule has 7 heteroatoms. The summed E-state index contributed by atoms with van der Waals surface area (Å²) < 4.78 is 0. The van der Waals surface area contributed by atoms with Crippen LogP contribution in [0.2, 0.25) is 10.0 Å². The number of benzene rings is 1. The van der Waals surface area contributed by atoms with Gasteiger partial charge < -0.3 is 20.4 Å². The number of aliphatic hydroxyl groups excluding tert-OH is 2. The average molecular weight is 291 g/mol. The third-order valence-corrected chi connectivity index (χ3v) is 3.28. The van der Waals surface area contributed by atoms with Gasteiger partial charge in [0.15, 0.2) is 0 Å². The Bertz CT molecular complexity index is 460. The molecular weight excluding hydrogens is 279 g/mol. The van der Waals surface area contributed by atoms with Crippen molar-refractivity contribution in [1.29, 1.82) is 0 Å². The number of carbonyl (C=O) groups excluding carboxylic acids is 1. The van der Waals surface area contributed by atoms with Crippen LogP contribution in [0.1, 0.15) is 0 Å². The number of rotatable bonds is 1. The molecule has 0 spiro atoms. The van der Waals surface area contributed by atoms with Crippen molar-refractivity contribution in [2.75, 3.05) is 18.4 Å². The van der Waals surface area contributed by atoms with Gasteiger partial charge in [0, 0.05) is 5.02 Å². The molecule has 1 saturated heterocycles. The van der Waals surface area contributed by atoms with Crippen molar-refractivity contribution in [3.8, 4) is 0 Å². The molecule has 0 bridgehead atoms. The molecule has 18 heavy (non-hydrogen) atoms. The fourth-order valence-electron chi connectivity index (χ4n) is 1.72. The highest BCUT2D eigenvalue weighted by Gasteiger charge is 2.32. The number of likely N-dealkylation sites (tertiary alicyclic amines) is 1. The van der Waals surface area contributed by atoms with Crippen LogP contribution in [-0.4, -0.2) is 46.4 Å². The normalized spacial score (nSPS) is 23.2. The third kappa shape index (κ3) is 2.87. The summed E-state index contributed by atoms with van der Waals surface area (Å²) in [7, 11) is 0. The van der Waals surface area contributed by atoms with E-state index in [1.165, 1.54) is 11.0 Å². The molecule has 2 amide bonds. The van der Waals surface area contributed by atoms with Crippen molar-refractivity contribution < 1.29 is 15.0 Å². The van der Waals surface area contributed by atoms with Crippen molar-refractivity contribution >= 4 is 34.9 Å². The number of aliphatic hydroxyl groups is 2. The summed E-state index contributed by atoms with van der Waals surface area (Å²) in [5.41, 5.74) is 0.394.